The van der Waals surface area contributed by atoms with E-state index in [-0.39, 0.29) is 29.2 Å². The van der Waals surface area contributed by atoms with E-state index in [0.29, 0.717) is 44.7 Å². The summed E-state index contributed by atoms with van der Waals surface area (Å²) in [4.78, 5) is 26.3. The second kappa shape index (κ2) is 10.2. The van der Waals surface area contributed by atoms with Crippen LogP contribution in [0.1, 0.15) is 32.3 Å². The number of methoxy groups -OCH3 is 1. The molecule has 0 unspecified atom stereocenters. The van der Waals surface area contributed by atoms with Crippen molar-refractivity contribution >= 4 is 27.6 Å². The highest BCUT2D eigenvalue weighted by Gasteiger charge is 2.27. The Morgan fingerprint density at radius 1 is 1.21 bits per heavy atom. The summed E-state index contributed by atoms with van der Waals surface area (Å²) < 4.78 is 31.6. The number of hydrogen-bond donors (Lipinski definition) is 1. The lowest BCUT2D eigenvalue weighted by Crippen LogP contribution is -2.41. The molecule has 2 rings (SSSR count). The summed E-state index contributed by atoms with van der Waals surface area (Å²) >= 11 is 0. The molecule has 9 heteroatoms. The van der Waals surface area contributed by atoms with Crippen molar-refractivity contribution in [3.63, 3.8) is 0 Å². The lowest BCUT2D eigenvalue weighted by Gasteiger charge is -2.30. The zero-order valence-corrected chi connectivity index (χ0v) is 18.4. The molecule has 0 aromatic heterocycles. The predicted molar refractivity (Wildman–Crippen MR) is 111 cm³/mol. The average Bonchev–Trinajstić information content (AvgIpc) is 2.70. The first kappa shape index (κ1) is 23.3. The fourth-order valence-electron chi connectivity index (χ4n) is 3.50. The second-order valence-corrected chi connectivity index (χ2v) is 9.13. The number of ether oxygens (including phenoxy) is 1. The monoisotopic (exact) mass is 425 g/mol. The molecule has 29 heavy (non-hydrogen) atoms. The van der Waals surface area contributed by atoms with Crippen LogP contribution in [0, 0.1) is 12.8 Å². The van der Waals surface area contributed by atoms with Gasteiger partial charge >= 0.3 is 5.97 Å². The first-order valence-electron chi connectivity index (χ1n) is 9.93. The Morgan fingerprint density at radius 2 is 1.83 bits per heavy atom. The molecule has 0 aliphatic carbocycles. The van der Waals surface area contributed by atoms with Crippen molar-refractivity contribution in [1.82, 2.24) is 9.21 Å². The van der Waals surface area contributed by atoms with Crippen LogP contribution in [0.25, 0.3) is 0 Å². The number of aryl methyl sites for hydroxylation is 1. The molecule has 162 valence electrons. The molecule has 1 aromatic rings. The smallest absolute Gasteiger partial charge is 0.308 e. The molecule has 0 bridgehead atoms. The third-order valence-electron chi connectivity index (χ3n) is 5.32. The number of sulfonamides is 1. The first-order valence-corrected chi connectivity index (χ1v) is 11.4. The van der Waals surface area contributed by atoms with Gasteiger partial charge in [0.1, 0.15) is 0 Å². The van der Waals surface area contributed by atoms with Crippen molar-refractivity contribution in [1.29, 1.82) is 0 Å². The minimum absolute atomic E-state index is 0.108. The van der Waals surface area contributed by atoms with Crippen molar-refractivity contribution in [2.75, 3.05) is 45.2 Å². The third kappa shape index (κ3) is 5.77. The van der Waals surface area contributed by atoms with E-state index in [1.54, 1.807) is 26.0 Å². The number of nitrogens with one attached hydrogen (secondary N) is 1. The molecule has 1 aliphatic rings. The Balaban J connectivity index is 2.03. The normalized spacial score (nSPS) is 16.0. The molecule has 1 N–H and O–H groups in total. The largest absolute Gasteiger partial charge is 0.469 e. The quantitative estimate of drug-likeness (QED) is 0.639. The summed E-state index contributed by atoms with van der Waals surface area (Å²) in [6, 6.07) is 4.79. The molecule has 1 aliphatic heterocycles. The topological polar surface area (TPSA) is 96.0 Å². The summed E-state index contributed by atoms with van der Waals surface area (Å²) in [5.41, 5.74) is 1.29. The number of hydrogen-bond acceptors (Lipinski definition) is 6. The number of anilines is 1. The van der Waals surface area contributed by atoms with Crippen molar-refractivity contribution in [2.45, 2.75) is 38.5 Å². The number of amides is 1. The number of likely N-dealkylation sites (tertiary alicyclic amines) is 1. The molecule has 0 spiro atoms. The van der Waals surface area contributed by atoms with Crippen molar-refractivity contribution < 1.29 is 22.7 Å². The van der Waals surface area contributed by atoms with Gasteiger partial charge in [0, 0.05) is 18.8 Å². The number of esters is 1. The standard InChI is InChI=1S/C20H31N3O5S/c1-5-23(6-2)29(26,27)17-8-7-15(3)18(13-17)21-19(24)14-22-11-9-16(10-12-22)20(25)28-4/h7-8,13,16H,5-6,9-12,14H2,1-4H3,(H,21,24). The zero-order valence-electron chi connectivity index (χ0n) is 17.6. The number of rotatable bonds is 8. The van der Waals surface area contributed by atoms with Gasteiger partial charge in [-0.25, -0.2) is 8.42 Å². The van der Waals surface area contributed by atoms with Crippen LogP contribution in [0.15, 0.2) is 23.1 Å². The van der Waals surface area contributed by atoms with E-state index in [0.717, 1.165) is 5.56 Å². The molecule has 1 saturated heterocycles. The summed E-state index contributed by atoms with van der Waals surface area (Å²) in [6.07, 6.45) is 1.33. The van der Waals surface area contributed by atoms with Crippen LogP contribution >= 0.6 is 0 Å². The second-order valence-electron chi connectivity index (χ2n) is 7.19. The molecule has 8 nitrogen and oxygen atoms in total. The molecular formula is C20H31N3O5S. The van der Waals surface area contributed by atoms with E-state index in [1.165, 1.54) is 17.5 Å². The summed E-state index contributed by atoms with van der Waals surface area (Å²) in [5, 5.41) is 2.83. The Morgan fingerprint density at radius 3 is 2.38 bits per heavy atom. The molecule has 0 atom stereocenters. The van der Waals surface area contributed by atoms with Gasteiger partial charge in [0.2, 0.25) is 15.9 Å². The van der Waals surface area contributed by atoms with E-state index in [1.807, 2.05) is 11.8 Å². The molecule has 1 aromatic carbocycles. The Bertz CT molecular complexity index is 829. The van der Waals surface area contributed by atoms with Gasteiger partial charge in [-0.15, -0.1) is 0 Å². The van der Waals surface area contributed by atoms with Gasteiger partial charge in [-0.1, -0.05) is 19.9 Å². The highest BCUT2D eigenvalue weighted by molar-refractivity contribution is 7.89. The summed E-state index contributed by atoms with van der Waals surface area (Å²) in [6.45, 7) is 7.66. The Hall–Kier alpha value is -1.97. The average molecular weight is 426 g/mol. The van der Waals surface area contributed by atoms with Crippen molar-refractivity contribution in [3.05, 3.63) is 23.8 Å². The zero-order chi connectivity index (χ0) is 21.6. The summed E-state index contributed by atoms with van der Waals surface area (Å²) in [5.74, 6) is -0.513. The summed E-state index contributed by atoms with van der Waals surface area (Å²) in [7, 11) is -2.20. The van der Waals surface area contributed by atoms with E-state index in [9.17, 15) is 18.0 Å². The Labute approximate surface area is 173 Å². The van der Waals surface area contributed by atoms with E-state index in [4.69, 9.17) is 4.74 Å². The Kier molecular flexibility index (Phi) is 8.18. The minimum atomic E-state index is -3.59. The SMILES string of the molecule is CCN(CC)S(=O)(=O)c1ccc(C)c(NC(=O)CN2CCC(C(=O)OC)CC2)c1. The predicted octanol–water partition coefficient (Wildman–Crippen LogP) is 1.85. The lowest BCUT2D eigenvalue weighted by atomic mass is 9.97. The van der Waals surface area contributed by atoms with E-state index >= 15 is 0 Å². The van der Waals surface area contributed by atoms with Crippen molar-refractivity contribution in [2.24, 2.45) is 5.92 Å². The lowest BCUT2D eigenvalue weighted by molar-refractivity contribution is -0.147. The number of nitrogens with zero attached hydrogens (tertiary/aromatic N) is 2. The minimum Gasteiger partial charge on any atom is -0.469 e. The van der Waals surface area contributed by atoms with Gasteiger partial charge in [-0.3, -0.25) is 14.5 Å². The fraction of sp³-hybridized carbons (Fsp3) is 0.600. The highest BCUT2D eigenvalue weighted by Crippen LogP contribution is 2.23. The van der Waals surface area contributed by atoms with Gasteiger partial charge in [-0.05, 0) is 50.6 Å². The van der Waals surface area contributed by atoms with Gasteiger partial charge in [-0.2, -0.15) is 4.31 Å². The maximum atomic E-state index is 12.7. The number of benzene rings is 1. The maximum absolute atomic E-state index is 12.7. The van der Waals surface area contributed by atoms with E-state index in [2.05, 4.69) is 5.32 Å². The maximum Gasteiger partial charge on any atom is 0.308 e. The molecular weight excluding hydrogens is 394 g/mol. The van der Waals surface area contributed by atoms with Crippen LogP contribution in [0.4, 0.5) is 5.69 Å². The highest BCUT2D eigenvalue weighted by atomic mass is 32.2. The van der Waals surface area contributed by atoms with Crippen LogP contribution in [0.5, 0.6) is 0 Å². The number of carbonyl (C=O) groups excluding carboxylic acids is 2. The molecule has 0 saturated carbocycles. The molecule has 0 radical (unpaired) electrons. The van der Waals surface area contributed by atoms with Crippen LogP contribution in [-0.2, 0) is 24.3 Å². The van der Waals surface area contributed by atoms with E-state index < -0.39 is 10.0 Å². The molecule has 1 heterocycles. The first-order chi connectivity index (χ1) is 13.7. The van der Waals surface area contributed by atoms with Gasteiger partial charge in [0.05, 0.1) is 24.5 Å². The number of carbonyl (C=O) groups is 2. The fourth-order valence-corrected chi connectivity index (χ4v) is 4.98. The van der Waals surface area contributed by atoms with Crippen LogP contribution in [-0.4, -0.2) is 69.3 Å². The van der Waals surface area contributed by atoms with Crippen LogP contribution in [0.2, 0.25) is 0 Å². The van der Waals surface area contributed by atoms with Crippen molar-refractivity contribution in [3.8, 4) is 0 Å². The van der Waals surface area contributed by atoms with Gasteiger partial charge in [0.15, 0.2) is 0 Å². The molecule has 1 fully saturated rings. The van der Waals surface area contributed by atoms with Gasteiger partial charge in [0.25, 0.3) is 0 Å². The molecule has 1 amide bonds. The van der Waals surface area contributed by atoms with Crippen LogP contribution in [0.3, 0.4) is 0 Å². The van der Waals surface area contributed by atoms with Gasteiger partial charge < -0.3 is 10.1 Å². The third-order valence-corrected chi connectivity index (χ3v) is 7.36. The number of piperidine rings is 1. The van der Waals surface area contributed by atoms with Crippen LogP contribution < -0.4 is 5.32 Å².